The third-order valence-corrected chi connectivity index (χ3v) is 9.17. The minimum absolute atomic E-state index is 0.156. The summed E-state index contributed by atoms with van der Waals surface area (Å²) >= 11 is 0. The number of benzene rings is 1. The number of aromatic nitrogens is 1. The standard InChI is InChI=1S/C29H33F4NO/c30-26(18-9-11-20(12-10-18)29(31,32)33)25-23(17-5-1-2-6-17)24-21(15-28(13-14-28)16-22(24)35)34-27(25)19-7-3-4-8-19/h9-12,17,19,22,26,35H,1-8,13-16H2/t22-,26-/m0/s1. The molecule has 188 valence electrons. The number of aliphatic hydroxyl groups excluding tert-OH is 1. The van der Waals surface area contributed by atoms with Gasteiger partial charge in [-0.2, -0.15) is 13.2 Å². The molecule has 1 spiro atoms. The molecule has 2 aromatic rings. The molecule has 0 amide bonds. The Morgan fingerprint density at radius 3 is 2.06 bits per heavy atom. The van der Waals surface area contributed by atoms with Gasteiger partial charge in [0.1, 0.15) is 0 Å². The summed E-state index contributed by atoms with van der Waals surface area (Å²) < 4.78 is 56.0. The Morgan fingerprint density at radius 2 is 1.49 bits per heavy atom. The van der Waals surface area contributed by atoms with E-state index in [1.165, 1.54) is 12.1 Å². The molecule has 2 atom stereocenters. The van der Waals surface area contributed by atoms with Crippen molar-refractivity contribution in [1.29, 1.82) is 0 Å². The van der Waals surface area contributed by atoms with Gasteiger partial charge in [-0.3, -0.25) is 4.98 Å². The summed E-state index contributed by atoms with van der Waals surface area (Å²) in [5.74, 6) is 0.356. The highest BCUT2D eigenvalue weighted by Gasteiger charge is 2.50. The zero-order valence-electron chi connectivity index (χ0n) is 20.0. The highest BCUT2D eigenvalue weighted by Crippen LogP contribution is 2.59. The molecule has 0 radical (unpaired) electrons. The molecule has 0 unspecified atom stereocenters. The van der Waals surface area contributed by atoms with Crippen LogP contribution in [0.1, 0.15) is 134 Å². The summed E-state index contributed by atoms with van der Waals surface area (Å²) in [7, 11) is 0. The minimum atomic E-state index is -4.45. The van der Waals surface area contributed by atoms with Crippen molar-refractivity contribution in [2.45, 2.75) is 107 Å². The Kier molecular flexibility index (Phi) is 5.74. The maximum Gasteiger partial charge on any atom is 0.416 e. The molecular weight excluding hydrogens is 454 g/mol. The third-order valence-electron chi connectivity index (χ3n) is 9.17. The Hall–Kier alpha value is -1.95. The predicted molar refractivity (Wildman–Crippen MR) is 126 cm³/mol. The molecular formula is C29H33F4NO. The number of aliphatic hydroxyl groups is 1. The highest BCUT2D eigenvalue weighted by atomic mass is 19.4. The van der Waals surface area contributed by atoms with Crippen molar-refractivity contribution < 1.29 is 22.7 Å². The van der Waals surface area contributed by atoms with E-state index in [1.54, 1.807) is 0 Å². The monoisotopic (exact) mass is 487 g/mol. The van der Waals surface area contributed by atoms with E-state index in [0.717, 1.165) is 105 Å². The van der Waals surface area contributed by atoms with E-state index >= 15 is 4.39 Å². The van der Waals surface area contributed by atoms with Gasteiger partial charge in [0, 0.05) is 22.7 Å². The Bertz CT molecular complexity index is 1090. The number of hydrogen-bond acceptors (Lipinski definition) is 2. The molecule has 1 aromatic heterocycles. The van der Waals surface area contributed by atoms with Gasteiger partial charge in [0.05, 0.1) is 17.4 Å². The minimum Gasteiger partial charge on any atom is -0.388 e. The van der Waals surface area contributed by atoms with Gasteiger partial charge in [-0.15, -0.1) is 0 Å². The fraction of sp³-hybridized carbons (Fsp3) is 0.621. The van der Waals surface area contributed by atoms with E-state index in [-0.39, 0.29) is 22.8 Å². The van der Waals surface area contributed by atoms with E-state index in [9.17, 15) is 18.3 Å². The summed E-state index contributed by atoms with van der Waals surface area (Å²) in [6, 6.07) is 4.51. The first kappa shape index (κ1) is 23.4. The molecule has 1 aromatic carbocycles. The number of hydrogen-bond donors (Lipinski definition) is 1. The molecule has 6 heteroatoms. The second-order valence-corrected chi connectivity index (χ2v) is 11.5. The molecule has 1 N–H and O–H groups in total. The van der Waals surface area contributed by atoms with Crippen LogP contribution in [0.25, 0.3) is 0 Å². The van der Waals surface area contributed by atoms with Crippen LogP contribution >= 0.6 is 0 Å². The molecule has 4 aliphatic rings. The molecule has 6 rings (SSSR count). The SMILES string of the molecule is O[C@H]1CC2(CC2)Cc2nc(C3CCCC3)c([C@@H](F)c3ccc(C(F)(F)F)cc3)c(C3CCCC3)c21. The van der Waals surface area contributed by atoms with Gasteiger partial charge in [0.15, 0.2) is 6.17 Å². The third kappa shape index (κ3) is 4.20. The normalized spacial score (nSPS) is 25.2. The quantitative estimate of drug-likeness (QED) is 0.441. The van der Waals surface area contributed by atoms with Crippen LogP contribution in [0.4, 0.5) is 17.6 Å². The van der Waals surface area contributed by atoms with Gasteiger partial charge in [0.25, 0.3) is 0 Å². The lowest BCUT2D eigenvalue weighted by Gasteiger charge is -2.35. The molecule has 0 aliphatic heterocycles. The van der Waals surface area contributed by atoms with E-state index in [1.807, 2.05) is 0 Å². The molecule has 0 bridgehead atoms. The summed E-state index contributed by atoms with van der Waals surface area (Å²) in [5.41, 5.74) is 3.77. The lowest BCUT2D eigenvalue weighted by Crippen LogP contribution is -2.26. The lowest BCUT2D eigenvalue weighted by atomic mass is 9.74. The van der Waals surface area contributed by atoms with Crippen molar-refractivity contribution >= 4 is 0 Å². The number of alkyl halides is 4. The number of pyridine rings is 1. The van der Waals surface area contributed by atoms with Crippen LogP contribution in [-0.2, 0) is 12.6 Å². The summed E-state index contributed by atoms with van der Waals surface area (Å²) in [5, 5.41) is 11.3. The first-order chi connectivity index (χ1) is 16.8. The summed E-state index contributed by atoms with van der Waals surface area (Å²) in [4.78, 5) is 5.14. The molecule has 2 nitrogen and oxygen atoms in total. The first-order valence-corrected chi connectivity index (χ1v) is 13.3. The van der Waals surface area contributed by atoms with Crippen LogP contribution in [0.3, 0.4) is 0 Å². The topological polar surface area (TPSA) is 33.1 Å². The Labute approximate surface area is 204 Å². The zero-order chi connectivity index (χ0) is 24.4. The van der Waals surface area contributed by atoms with Gasteiger partial charge >= 0.3 is 6.18 Å². The molecule has 4 aliphatic carbocycles. The van der Waals surface area contributed by atoms with Crippen LogP contribution in [0.15, 0.2) is 24.3 Å². The van der Waals surface area contributed by atoms with Crippen molar-refractivity contribution in [2.75, 3.05) is 0 Å². The van der Waals surface area contributed by atoms with Gasteiger partial charge in [0.2, 0.25) is 0 Å². The fourth-order valence-electron chi connectivity index (χ4n) is 7.15. The number of halogens is 4. The second-order valence-electron chi connectivity index (χ2n) is 11.5. The first-order valence-electron chi connectivity index (χ1n) is 13.3. The van der Waals surface area contributed by atoms with Crippen LogP contribution in [-0.4, -0.2) is 10.1 Å². The van der Waals surface area contributed by atoms with Crippen LogP contribution in [0.2, 0.25) is 0 Å². The second kappa shape index (κ2) is 8.57. The van der Waals surface area contributed by atoms with Crippen molar-refractivity contribution in [2.24, 2.45) is 5.41 Å². The van der Waals surface area contributed by atoms with Crippen molar-refractivity contribution in [3.63, 3.8) is 0 Å². The summed E-state index contributed by atoms with van der Waals surface area (Å²) in [6.07, 6.45) is 5.35. The van der Waals surface area contributed by atoms with Crippen LogP contribution < -0.4 is 0 Å². The van der Waals surface area contributed by atoms with E-state index < -0.39 is 24.0 Å². The average Bonchev–Trinajstić information content (AvgIpc) is 3.26. The molecule has 3 fully saturated rings. The number of nitrogens with zero attached hydrogens (tertiary/aromatic N) is 1. The van der Waals surface area contributed by atoms with Crippen molar-refractivity contribution in [3.8, 4) is 0 Å². The van der Waals surface area contributed by atoms with E-state index in [4.69, 9.17) is 4.98 Å². The van der Waals surface area contributed by atoms with E-state index in [0.29, 0.717) is 12.0 Å². The van der Waals surface area contributed by atoms with Gasteiger partial charge in [-0.25, -0.2) is 4.39 Å². The lowest BCUT2D eigenvalue weighted by molar-refractivity contribution is -0.137. The largest absolute Gasteiger partial charge is 0.416 e. The van der Waals surface area contributed by atoms with Crippen LogP contribution in [0, 0.1) is 5.41 Å². The predicted octanol–water partition coefficient (Wildman–Crippen LogP) is 8.23. The molecule has 0 saturated heterocycles. The number of fused-ring (bicyclic) bond motifs is 1. The average molecular weight is 488 g/mol. The number of rotatable bonds is 4. The molecule has 3 saturated carbocycles. The molecule has 35 heavy (non-hydrogen) atoms. The highest BCUT2D eigenvalue weighted by molar-refractivity contribution is 5.51. The van der Waals surface area contributed by atoms with Crippen LogP contribution in [0.5, 0.6) is 0 Å². The zero-order valence-corrected chi connectivity index (χ0v) is 20.0. The smallest absolute Gasteiger partial charge is 0.388 e. The van der Waals surface area contributed by atoms with Crippen molar-refractivity contribution in [3.05, 3.63) is 63.5 Å². The van der Waals surface area contributed by atoms with E-state index in [2.05, 4.69) is 0 Å². The maximum atomic E-state index is 16.6. The Morgan fingerprint density at radius 1 is 0.886 bits per heavy atom. The van der Waals surface area contributed by atoms with Gasteiger partial charge in [-0.1, -0.05) is 37.8 Å². The fourth-order valence-corrected chi connectivity index (χ4v) is 7.15. The van der Waals surface area contributed by atoms with Gasteiger partial charge < -0.3 is 5.11 Å². The van der Waals surface area contributed by atoms with Gasteiger partial charge in [-0.05, 0) is 86.0 Å². The maximum absolute atomic E-state index is 16.6. The summed E-state index contributed by atoms with van der Waals surface area (Å²) in [6.45, 7) is 0. The molecule has 1 heterocycles. The van der Waals surface area contributed by atoms with Crippen molar-refractivity contribution in [1.82, 2.24) is 4.98 Å². The Balaban J connectivity index is 1.53.